The molecule has 3 N–H and O–H groups in total. The molecular formula is C28H36N4O3. The van der Waals surface area contributed by atoms with Gasteiger partial charge in [-0.15, -0.1) is 0 Å². The summed E-state index contributed by atoms with van der Waals surface area (Å²) in [5, 5.41) is 16.1. The van der Waals surface area contributed by atoms with Crippen molar-refractivity contribution in [3.8, 4) is 0 Å². The second-order valence-electron chi connectivity index (χ2n) is 10.6. The Bertz CT molecular complexity index is 1170. The summed E-state index contributed by atoms with van der Waals surface area (Å²) in [7, 11) is 0. The average Bonchev–Trinajstić information content (AvgIpc) is 3.22. The largest absolute Gasteiger partial charge is 0.481 e. The molecule has 0 radical (unpaired) electrons. The van der Waals surface area contributed by atoms with Crippen LogP contribution in [0.3, 0.4) is 0 Å². The zero-order valence-electron chi connectivity index (χ0n) is 20.9. The monoisotopic (exact) mass is 476 g/mol. The molecule has 0 saturated heterocycles. The number of benzene rings is 1. The Hall–Kier alpha value is -3.35. The fraction of sp³-hybridized carbons (Fsp3) is 0.464. The summed E-state index contributed by atoms with van der Waals surface area (Å²) >= 11 is 0. The molecule has 0 bridgehead atoms. The van der Waals surface area contributed by atoms with Crippen LogP contribution in [0.2, 0.25) is 0 Å². The Morgan fingerprint density at radius 1 is 1.09 bits per heavy atom. The van der Waals surface area contributed by atoms with Gasteiger partial charge in [-0.3, -0.25) is 14.0 Å². The molecule has 1 fully saturated rings. The maximum atomic E-state index is 13.5. The summed E-state index contributed by atoms with van der Waals surface area (Å²) in [6.07, 6.45) is 7.09. The van der Waals surface area contributed by atoms with Crippen molar-refractivity contribution in [1.82, 2.24) is 14.7 Å². The van der Waals surface area contributed by atoms with Gasteiger partial charge in [0.05, 0.1) is 17.7 Å². The van der Waals surface area contributed by atoms with Crippen LogP contribution >= 0.6 is 0 Å². The van der Waals surface area contributed by atoms with E-state index >= 15 is 0 Å². The zero-order chi connectivity index (χ0) is 25.0. The van der Waals surface area contributed by atoms with Crippen LogP contribution in [0.15, 0.2) is 48.7 Å². The summed E-state index contributed by atoms with van der Waals surface area (Å²) in [4.78, 5) is 29.9. The summed E-state index contributed by atoms with van der Waals surface area (Å²) in [6, 6.07) is 13.4. The van der Waals surface area contributed by atoms with Crippen molar-refractivity contribution in [3.05, 3.63) is 65.5 Å². The summed E-state index contributed by atoms with van der Waals surface area (Å²) in [6.45, 7) is 6.95. The molecule has 7 nitrogen and oxygen atoms in total. The van der Waals surface area contributed by atoms with E-state index in [0.29, 0.717) is 17.8 Å². The molecule has 0 aliphatic heterocycles. The number of hydrogen-bond acceptors (Lipinski definition) is 4. The number of carbonyl (C=O) groups excluding carboxylic acids is 1. The van der Waals surface area contributed by atoms with Gasteiger partial charge in [-0.25, -0.2) is 4.98 Å². The van der Waals surface area contributed by atoms with E-state index in [1.807, 2.05) is 34.9 Å². The number of amides is 1. The molecular weight excluding hydrogens is 440 g/mol. The third kappa shape index (κ3) is 5.84. The molecule has 1 saturated carbocycles. The minimum Gasteiger partial charge on any atom is -0.481 e. The predicted octanol–water partition coefficient (Wildman–Crippen LogP) is 5.40. The second-order valence-corrected chi connectivity index (χ2v) is 10.6. The molecule has 1 aliphatic carbocycles. The number of rotatable bonds is 8. The quantitative estimate of drug-likeness (QED) is 0.405. The van der Waals surface area contributed by atoms with Gasteiger partial charge < -0.3 is 15.7 Å². The van der Waals surface area contributed by atoms with Crippen LogP contribution in [-0.4, -0.2) is 32.4 Å². The maximum absolute atomic E-state index is 13.5. The van der Waals surface area contributed by atoms with Crippen LogP contribution in [0.25, 0.3) is 5.65 Å². The van der Waals surface area contributed by atoms with Gasteiger partial charge in [0.2, 0.25) is 0 Å². The first-order chi connectivity index (χ1) is 16.7. The minimum atomic E-state index is -0.887. The second kappa shape index (κ2) is 10.5. The Kier molecular flexibility index (Phi) is 7.43. The van der Waals surface area contributed by atoms with Crippen molar-refractivity contribution in [2.45, 2.75) is 77.3 Å². The maximum Gasteiger partial charge on any atom is 0.305 e. The number of carbonyl (C=O) groups is 2. The smallest absolute Gasteiger partial charge is 0.305 e. The summed E-state index contributed by atoms with van der Waals surface area (Å²) < 4.78 is 1.94. The van der Waals surface area contributed by atoms with Gasteiger partial charge >= 0.3 is 5.97 Å². The molecule has 35 heavy (non-hydrogen) atoms. The van der Waals surface area contributed by atoms with E-state index in [4.69, 9.17) is 4.98 Å². The van der Waals surface area contributed by atoms with Crippen molar-refractivity contribution in [2.75, 3.05) is 5.32 Å². The van der Waals surface area contributed by atoms with Gasteiger partial charge in [0.25, 0.3) is 5.91 Å². The predicted molar refractivity (Wildman–Crippen MR) is 138 cm³/mol. The number of anilines is 1. The highest BCUT2D eigenvalue weighted by molar-refractivity contribution is 6.00. The Morgan fingerprint density at radius 2 is 1.80 bits per heavy atom. The summed E-state index contributed by atoms with van der Waals surface area (Å²) in [5.41, 5.74) is 2.82. The third-order valence-electron chi connectivity index (χ3n) is 6.84. The molecule has 186 valence electrons. The number of nitrogens with one attached hydrogen (secondary N) is 2. The lowest BCUT2D eigenvalue weighted by Gasteiger charge is -2.30. The highest BCUT2D eigenvalue weighted by Crippen LogP contribution is 2.32. The van der Waals surface area contributed by atoms with Gasteiger partial charge in [-0.2, -0.15) is 0 Å². The van der Waals surface area contributed by atoms with Crippen LogP contribution in [0.1, 0.15) is 80.9 Å². The van der Waals surface area contributed by atoms with Gasteiger partial charge in [0.1, 0.15) is 5.82 Å². The number of carboxylic acid groups (broad SMARTS) is 1. The van der Waals surface area contributed by atoms with E-state index < -0.39 is 5.97 Å². The lowest BCUT2D eigenvalue weighted by Crippen LogP contribution is -2.42. The van der Waals surface area contributed by atoms with E-state index in [0.717, 1.165) is 42.8 Å². The highest BCUT2D eigenvalue weighted by atomic mass is 16.4. The zero-order valence-corrected chi connectivity index (χ0v) is 20.9. The molecule has 1 unspecified atom stereocenters. The van der Waals surface area contributed by atoms with Crippen LogP contribution in [-0.2, 0) is 16.8 Å². The van der Waals surface area contributed by atoms with Crippen LogP contribution in [0.5, 0.6) is 0 Å². The van der Waals surface area contributed by atoms with Crippen LogP contribution < -0.4 is 10.6 Å². The minimum absolute atomic E-state index is 0.0644. The van der Waals surface area contributed by atoms with Crippen molar-refractivity contribution >= 4 is 23.3 Å². The fourth-order valence-corrected chi connectivity index (χ4v) is 5.02. The number of nitrogens with zero attached hydrogens (tertiary/aromatic N) is 2. The fourth-order valence-electron chi connectivity index (χ4n) is 5.02. The number of aliphatic carboxylic acids is 1. The number of pyridine rings is 1. The topological polar surface area (TPSA) is 95.7 Å². The molecule has 1 aromatic carbocycles. The lowest BCUT2D eigenvalue weighted by molar-refractivity contribution is -0.137. The average molecular weight is 477 g/mol. The molecule has 1 atom stereocenters. The SMILES string of the molecule is CC(C)(C)c1nc2c(C(=O)NC(CC(=O)O)C3CCCCC3)cccn2c1NCc1ccccc1. The number of hydrogen-bond donors (Lipinski definition) is 3. The van der Waals surface area contributed by atoms with E-state index in [-0.39, 0.29) is 29.7 Å². The number of imidazole rings is 1. The van der Waals surface area contributed by atoms with Gasteiger partial charge in [0.15, 0.2) is 5.65 Å². The van der Waals surface area contributed by atoms with E-state index in [9.17, 15) is 14.7 Å². The first-order valence-corrected chi connectivity index (χ1v) is 12.6. The van der Waals surface area contributed by atoms with Crippen molar-refractivity contribution in [3.63, 3.8) is 0 Å². The third-order valence-corrected chi connectivity index (χ3v) is 6.84. The van der Waals surface area contributed by atoms with Crippen LogP contribution in [0.4, 0.5) is 5.82 Å². The standard InChI is InChI=1S/C28H36N4O3/c1-28(2,3)24-26(29-18-19-11-6-4-7-12-19)32-16-10-15-21(25(32)31-24)27(35)30-22(17-23(33)34)20-13-8-5-9-14-20/h4,6-7,10-12,15-16,20,22,29H,5,8-9,13-14,17-18H2,1-3H3,(H,30,35)(H,33,34). The van der Waals surface area contributed by atoms with E-state index in [1.165, 1.54) is 6.42 Å². The van der Waals surface area contributed by atoms with Crippen molar-refractivity contribution in [1.29, 1.82) is 0 Å². The van der Waals surface area contributed by atoms with Gasteiger partial charge in [0, 0.05) is 24.2 Å². The number of aromatic nitrogens is 2. The molecule has 4 rings (SSSR count). The highest BCUT2D eigenvalue weighted by Gasteiger charge is 2.30. The molecule has 3 aromatic rings. The van der Waals surface area contributed by atoms with Crippen molar-refractivity contribution in [2.24, 2.45) is 5.92 Å². The Labute approximate surface area is 207 Å². The molecule has 2 aromatic heterocycles. The first kappa shape index (κ1) is 24.8. The lowest BCUT2D eigenvalue weighted by atomic mass is 9.82. The molecule has 1 aliphatic rings. The Morgan fingerprint density at radius 3 is 2.46 bits per heavy atom. The molecule has 0 spiro atoms. The summed E-state index contributed by atoms with van der Waals surface area (Å²) in [5.74, 6) is -0.105. The van der Waals surface area contributed by atoms with Crippen LogP contribution in [0, 0.1) is 5.92 Å². The number of fused-ring (bicyclic) bond motifs is 1. The molecule has 1 amide bonds. The molecule has 7 heteroatoms. The normalized spacial score (nSPS) is 15.6. The Balaban J connectivity index is 1.66. The van der Waals surface area contributed by atoms with E-state index in [2.05, 4.69) is 43.5 Å². The van der Waals surface area contributed by atoms with Gasteiger partial charge in [-0.1, -0.05) is 70.4 Å². The molecule has 2 heterocycles. The van der Waals surface area contributed by atoms with Crippen molar-refractivity contribution < 1.29 is 14.7 Å². The number of carboxylic acids is 1. The first-order valence-electron chi connectivity index (χ1n) is 12.6. The van der Waals surface area contributed by atoms with Gasteiger partial charge in [-0.05, 0) is 36.5 Å². The van der Waals surface area contributed by atoms with E-state index in [1.54, 1.807) is 6.07 Å².